The first kappa shape index (κ1) is 17.2. The van der Waals surface area contributed by atoms with E-state index in [4.69, 9.17) is 22.1 Å². The van der Waals surface area contributed by atoms with Crippen LogP contribution in [0.4, 0.5) is 4.39 Å². The maximum Gasteiger partial charge on any atom is 0.240 e. The minimum atomic E-state index is -0.874. The SMILES string of the molecule is CC(C)(CNC(=O)C1(N)CCOCC1)c1ccc(F)cc1Cl. The highest BCUT2D eigenvalue weighted by Gasteiger charge is 2.36. The van der Waals surface area contributed by atoms with Crippen molar-refractivity contribution in [1.82, 2.24) is 5.32 Å². The smallest absolute Gasteiger partial charge is 0.240 e. The number of rotatable bonds is 4. The third-order valence-corrected chi connectivity index (χ3v) is 4.50. The Kier molecular flexibility index (Phi) is 5.10. The lowest BCUT2D eigenvalue weighted by atomic mass is 9.83. The Bertz CT molecular complexity index is 557. The molecular weight excluding hydrogens is 307 g/mol. The standard InChI is InChI=1S/C16H22ClFN2O2/c1-15(2,12-4-3-11(18)9-13(12)17)10-20-14(21)16(19)5-7-22-8-6-16/h3-4,9H,5-8,10,19H2,1-2H3,(H,20,21). The molecule has 2 rings (SSSR count). The Labute approximate surface area is 135 Å². The van der Waals surface area contributed by atoms with E-state index in [0.29, 0.717) is 37.6 Å². The van der Waals surface area contributed by atoms with Crippen molar-refractivity contribution in [2.45, 2.75) is 37.6 Å². The zero-order valence-electron chi connectivity index (χ0n) is 12.9. The molecule has 1 heterocycles. The molecule has 0 aliphatic carbocycles. The largest absolute Gasteiger partial charge is 0.381 e. The summed E-state index contributed by atoms with van der Waals surface area (Å²) in [5.41, 5.74) is 5.64. The highest BCUT2D eigenvalue weighted by molar-refractivity contribution is 6.31. The number of benzene rings is 1. The monoisotopic (exact) mass is 328 g/mol. The van der Waals surface area contributed by atoms with Crippen molar-refractivity contribution < 1.29 is 13.9 Å². The molecule has 0 bridgehead atoms. The first-order valence-electron chi connectivity index (χ1n) is 7.35. The van der Waals surface area contributed by atoms with Gasteiger partial charge < -0.3 is 15.8 Å². The van der Waals surface area contributed by atoms with E-state index in [0.717, 1.165) is 5.56 Å². The average Bonchev–Trinajstić information content (AvgIpc) is 2.45. The van der Waals surface area contributed by atoms with E-state index >= 15 is 0 Å². The van der Waals surface area contributed by atoms with Crippen molar-refractivity contribution in [3.05, 3.63) is 34.6 Å². The van der Waals surface area contributed by atoms with Crippen molar-refractivity contribution in [3.8, 4) is 0 Å². The molecule has 122 valence electrons. The Morgan fingerprint density at radius 3 is 2.68 bits per heavy atom. The number of carbonyl (C=O) groups excluding carboxylic acids is 1. The van der Waals surface area contributed by atoms with Crippen LogP contribution in [-0.4, -0.2) is 31.2 Å². The van der Waals surface area contributed by atoms with E-state index < -0.39 is 11.0 Å². The summed E-state index contributed by atoms with van der Waals surface area (Å²) in [5, 5.41) is 3.26. The fourth-order valence-electron chi connectivity index (χ4n) is 2.57. The molecule has 1 aliphatic heterocycles. The van der Waals surface area contributed by atoms with Gasteiger partial charge in [-0.2, -0.15) is 0 Å². The van der Waals surface area contributed by atoms with Crippen molar-refractivity contribution in [3.63, 3.8) is 0 Å². The van der Waals surface area contributed by atoms with Gasteiger partial charge in [0, 0.05) is 30.2 Å². The zero-order chi connectivity index (χ0) is 16.4. The third kappa shape index (κ3) is 3.77. The van der Waals surface area contributed by atoms with Gasteiger partial charge in [-0.15, -0.1) is 0 Å². The second-order valence-electron chi connectivity index (χ2n) is 6.46. The van der Waals surface area contributed by atoms with E-state index in [1.807, 2.05) is 13.8 Å². The van der Waals surface area contributed by atoms with E-state index in [1.54, 1.807) is 6.07 Å². The van der Waals surface area contributed by atoms with E-state index in [2.05, 4.69) is 5.32 Å². The first-order chi connectivity index (χ1) is 10.2. The van der Waals surface area contributed by atoms with Crippen LogP contribution >= 0.6 is 11.6 Å². The Morgan fingerprint density at radius 2 is 2.09 bits per heavy atom. The molecular formula is C16H22ClFN2O2. The van der Waals surface area contributed by atoms with Crippen molar-refractivity contribution in [1.29, 1.82) is 0 Å². The molecule has 0 saturated carbocycles. The third-order valence-electron chi connectivity index (χ3n) is 4.19. The van der Waals surface area contributed by atoms with Crippen molar-refractivity contribution in [2.75, 3.05) is 19.8 Å². The minimum absolute atomic E-state index is 0.179. The highest BCUT2D eigenvalue weighted by Crippen LogP contribution is 2.30. The normalized spacial score (nSPS) is 18.0. The molecule has 1 saturated heterocycles. The molecule has 1 aromatic carbocycles. The summed E-state index contributed by atoms with van der Waals surface area (Å²) in [6, 6.07) is 4.30. The number of hydrogen-bond acceptors (Lipinski definition) is 3. The fraction of sp³-hybridized carbons (Fsp3) is 0.562. The lowest BCUT2D eigenvalue weighted by Crippen LogP contribution is -2.58. The Balaban J connectivity index is 2.04. The predicted octanol–water partition coefficient (Wildman–Crippen LogP) is 2.38. The molecule has 1 fully saturated rings. The molecule has 1 aliphatic rings. The molecule has 3 N–H and O–H groups in total. The lowest BCUT2D eigenvalue weighted by Gasteiger charge is -2.34. The van der Waals surface area contributed by atoms with Gasteiger partial charge in [-0.25, -0.2) is 4.39 Å². The number of nitrogens with two attached hydrogens (primary N) is 1. The summed E-state index contributed by atoms with van der Waals surface area (Å²) in [7, 11) is 0. The van der Waals surface area contributed by atoms with Crippen LogP contribution in [0.1, 0.15) is 32.3 Å². The summed E-state index contributed by atoms with van der Waals surface area (Å²) in [6.07, 6.45) is 1.02. The van der Waals surface area contributed by atoms with Crippen LogP contribution < -0.4 is 11.1 Å². The van der Waals surface area contributed by atoms with Gasteiger partial charge in [0.05, 0.1) is 5.54 Å². The molecule has 0 radical (unpaired) electrons. The van der Waals surface area contributed by atoms with Gasteiger partial charge in [0.2, 0.25) is 5.91 Å². The lowest BCUT2D eigenvalue weighted by molar-refractivity contribution is -0.130. The van der Waals surface area contributed by atoms with E-state index in [1.165, 1.54) is 12.1 Å². The summed E-state index contributed by atoms with van der Waals surface area (Å²) < 4.78 is 18.4. The van der Waals surface area contributed by atoms with E-state index in [9.17, 15) is 9.18 Å². The molecule has 4 nitrogen and oxygen atoms in total. The quantitative estimate of drug-likeness (QED) is 0.892. The average molecular weight is 329 g/mol. The van der Waals surface area contributed by atoms with Crippen LogP contribution in [0.15, 0.2) is 18.2 Å². The van der Waals surface area contributed by atoms with Crippen LogP contribution in [0, 0.1) is 5.82 Å². The van der Waals surface area contributed by atoms with Gasteiger partial charge in [0.1, 0.15) is 5.82 Å². The number of nitrogens with one attached hydrogen (secondary N) is 1. The van der Waals surface area contributed by atoms with E-state index in [-0.39, 0.29) is 11.7 Å². The van der Waals surface area contributed by atoms with Crippen molar-refractivity contribution >= 4 is 17.5 Å². The predicted molar refractivity (Wildman–Crippen MR) is 84.4 cm³/mol. The highest BCUT2D eigenvalue weighted by atomic mass is 35.5. The van der Waals surface area contributed by atoms with Crippen LogP contribution in [-0.2, 0) is 14.9 Å². The van der Waals surface area contributed by atoms with Crippen LogP contribution in [0.2, 0.25) is 5.02 Å². The fourth-order valence-corrected chi connectivity index (χ4v) is 3.00. The van der Waals surface area contributed by atoms with Gasteiger partial charge in [0.25, 0.3) is 0 Å². The van der Waals surface area contributed by atoms with Crippen LogP contribution in [0.25, 0.3) is 0 Å². The van der Waals surface area contributed by atoms with Gasteiger partial charge >= 0.3 is 0 Å². The number of hydrogen-bond donors (Lipinski definition) is 2. The van der Waals surface area contributed by atoms with Crippen LogP contribution in [0.5, 0.6) is 0 Å². The number of carbonyl (C=O) groups is 1. The summed E-state index contributed by atoms with van der Waals surface area (Å²) in [6.45, 7) is 5.25. The molecule has 1 aromatic rings. The molecule has 22 heavy (non-hydrogen) atoms. The molecule has 1 amide bonds. The number of halogens is 2. The summed E-state index contributed by atoms with van der Waals surface area (Å²) in [5.74, 6) is -0.557. The van der Waals surface area contributed by atoms with Gasteiger partial charge in [0.15, 0.2) is 0 Å². The molecule has 0 aromatic heterocycles. The number of ether oxygens (including phenoxy) is 1. The Hall–Kier alpha value is -1.17. The summed E-state index contributed by atoms with van der Waals surface area (Å²) in [4.78, 5) is 12.4. The second kappa shape index (κ2) is 6.52. The topological polar surface area (TPSA) is 64.4 Å². The minimum Gasteiger partial charge on any atom is -0.381 e. The molecule has 0 spiro atoms. The van der Waals surface area contributed by atoms with Crippen molar-refractivity contribution in [2.24, 2.45) is 5.73 Å². The maximum absolute atomic E-state index is 13.2. The second-order valence-corrected chi connectivity index (χ2v) is 6.87. The maximum atomic E-state index is 13.2. The molecule has 6 heteroatoms. The number of amides is 1. The van der Waals surface area contributed by atoms with Crippen LogP contribution in [0.3, 0.4) is 0 Å². The Morgan fingerprint density at radius 1 is 1.45 bits per heavy atom. The zero-order valence-corrected chi connectivity index (χ0v) is 13.7. The molecule has 0 atom stereocenters. The summed E-state index contributed by atoms with van der Waals surface area (Å²) >= 11 is 6.11. The first-order valence-corrected chi connectivity index (χ1v) is 7.73. The molecule has 0 unspecified atom stereocenters. The van der Waals surface area contributed by atoms with Gasteiger partial charge in [-0.05, 0) is 30.5 Å². The van der Waals surface area contributed by atoms with Gasteiger partial charge in [-0.3, -0.25) is 4.79 Å². The van der Waals surface area contributed by atoms with Gasteiger partial charge in [-0.1, -0.05) is 31.5 Å².